The molecule has 21 heavy (non-hydrogen) atoms. The van der Waals surface area contributed by atoms with Crippen molar-refractivity contribution in [2.75, 3.05) is 4.90 Å². The number of rotatable bonds is 4. The normalized spacial score (nSPS) is 15.0. The minimum atomic E-state index is 0.208. The number of nitrogens with zero attached hydrogens (tertiary/aromatic N) is 1. The fourth-order valence-electron chi connectivity index (χ4n) is 3.17. The number of hydrogen-bond donors (Lipinski definition) is 0. The van der Waals surface area contributed by atoms with Crippen molar-refractivity contribution in [2.24, 2.45) is 0 Å². The molecule has 3 rings (SSSR count). The van der Waals surface area contributed by atoms with E-state index >= 15 is 0 Å². The number of amides is 1. The molecular weight excluding hydrogens is 258 g/mol. The van der Waals surface area contributed by atoms with Crippen molar-refractivity contribution in [2.45, 2.75) is 38.1 Å². The van der Waals surface area contributed by atoms with Gasteiger partial charge in [-0.05, 0) is 30.5 Å². The van der Waals surface area contributed by atoms with E-state index in [1.807, 2.05) is 65.6 Å². The van der Waals surface area contributed by atoms with Crippen LogP contribution >= 0.6 is 0 Å². The van der Waals surface area contributed by atoms with Crippen molar-refractivity contribution in [1.82, 2.24) is 0 Å². The molecule has 0 N–H and O–H groups in total. The molecule has 1 aliphatic carbocycles. The van der Waals surface area contributed by atoms with Crippen molar-refractivity contribution in [1.29, 1.82) is 0 Å². The zero-order valence-electron chi connectivity index (χ0n) is 12.2. The Morgan fingerprint density at radius 2 is 1.48 bits per heavy atom. The lowest BCUT2D eigenvalue weighted by Gasteiger charge is -2.29. The number of para-hydroxylation sites is 1. The Kier molecular flexibility index (Phi) is 4.34. The van der Waals surface area contributed by atoms with Gasteiger partial charge in [0.05, 0.1) is 6.42 Å². The summed E-state index contributed by atoms with van der Waals surface area (Å²) in [5.41, 5.74) is 2.12. The van der Waals surface area contributed by atoms with Gasteiger partial charge in [0.25, 0.3) is 0 Å². The van der Waals surface area contributed by atoms with Crippen molar-refractivity contribution in [3.8, 4) is 0 Å². The lowest BCUT2D eigenvalue weighted by Crippen LogP contribution is -2.40. The molecule has 1 saturated carbocycles. The summed E-state index contributed by atoms with van der Waals surface area (Å²) < 4.78 is 0. The molecule has 0 radical (unpaired) electrons. The van der Waals surface area contributed by atoms with Crippen molar-refractivity contribution >= 4 is 11.6 Å². The van der Waals surface area contributed by atoms with Crippen LogP contribution in [0.15, 0.2) is 60.7 Å². The van der Waals surface area contributed by atoms with Gasteiger partial charge in [-0.1, -0.05) is 61.4 Å². The fraction of sp³-hybridized carbons (Fsp3) is 0.316. The number of anilines is 1. The van der Waals surface area contributed by atoms with Crippen LogP contribution in [-0.4, -0.2) is 11.9 Å². The zero-order chi connectivity index (χ0) is 14.5. The third kappa shape index (κ3) is 3.33. The molecule has 1 aliphatic rings. The first-order valence-electron chi connectivity index (χ1n) is 7.75. The summed E-state index contributed by atoms with van der Waals surface area (Å²) in [6.07, 6.45) is 5.18. The van der Waals surface area contributed by atoms with Gasteiger partial charge in [0, 0.05) is 11.7 Å². The molecule has 0 saturated heterocycles. The van der Waals surface area contributed by atoms with Crippen LogP contribution in [0.1, 0.15) is 31.2 Å². The summed E-state index contributed by atoms with van der Waals surface area (Å²) in [7, 11) is 0. The Morgan fingerprint density at radius 3 is 2.10 bits per heavy atom. The zero-order valence-corrected chi connectivity index (χ0v) is 12.2. The molecule has 0 heterocycles. The van der Waals surface area contributed by atoms with Crippen molar-refractivity contribution < 1.29 is 4.79 Å². The first-order chi connectivity index (χ1) is 10.3. The second-order valence-electron chi connectivity index (χ2n) is 5.70. The molecule has 2 aromatic carbocycles. The van der Waals surface area contributed by atoms with Gasteiger partial charge in [0.1, 0.15) is 0 Å². The molecule has 0 aliphatic heterocycles. The Balaban J connectivity index is 1.83. The van der Waals surface area contributed by atoms with Crippen LogP contribution in [0.5, 0.6) is 0 Å². The molecule has 2 heteroatoms. The van der Waals surface area contributed by atoms with E-state index in [-0.39, 0.29) is 5.91 Å². The monoisotopic (exact) mass is 279 g/mol. The highest BCUT2D eigenvalue weighted by Crippen LogP contribution is 2.28. The first-order valence-corrected chi connectivity index (χ1v) is 7.75. The summed E-state index contributed by atoms with van der Waals surface area (Å²) in [4.78, 5) is 14.9. The number of carbonyl (C=O) groups excluding carboxylic acids is 1. The second kappa shape index (κ2) is 6.57. The smallest absolute Gasteiger partial charge is 0.231 e. The largest absolute Gasteiger partial charge is 0.309 e. The van der Waals surface area contributed by atoms with E-state index in [0.29, 0.717) is 12.5 Å². The van der Waals surface area contributed by atoms with Crippen LogP contribution < -0.4 is 4.90 Å². The van der Waals surface area contributed by atoms with Crippen LogP contribution in [-0.2, 0) is 11.2 Å². The summed E-state index contributed by atoms with van der Waals surface area (Å²) in [5.74, 6) is 0.208. The number of benzene rings is 2. The lowest BCUT2D eigenvalue weighted by molar-refractivity contribution is -0.118. The summed E-state index contributed by atoms with van der Waals surface area (Å²) in [6, 6.07) is 20.5. The van der Waals surface area contributed by atoms with Gasteiger partial charge in [0.15, 0.2) is 0 Å². The van der Waals surface area contributed by atoms with E-state index in [1.165, 1.54) is 12.8 Å². The van der Waals surface area contributed by atoms with Crippen molar-refractivity contribution in [3.05, 3.63) is 66.2 Å². The second-order valence-corrected chi connectivity index (χ2v) is 5.70. The maximum Gasteiger partial charge on any atom is 0.231 e. The van der Waals surface area contributed by atoms with Gasteiger partial charge < -0.3 is 4.90 Å². The van der Waals surface area contributed by atoms with Crippen LogP contribution in [0.2, 0.25) is 0 Å². The maximum absolute atomic E-state index is 12.8. The van der Waals surface area contributed by atoms with E-state index in [1.54, 1.807) is 0 Å². The van der Waals surface area contributed by atoms with Gasteiger partial charge in [-0.3, -0.25) is 4.79 Å². The molecule has 0 spiro atoms. The van der Waals surface area contributed by atoms with Crippen LogP contribution in [0.25, 0.3) is 0 Å². The van der Waals surface area contributed by atoms with Gasteiger partial charge >= 0.3 is 0 Å². The Hall–Kier alpha value is -2.09. The minimum Gasteiger partial charge on any atom is -0.309 e. The molecule has 0 aromatic heterocycles. The molecule has 1 fully saturated rings. The molecule has 2 nitrogen and oxygen atoms in total. The predicted molar refractivity (Wildman–Crippen MR) is 86.3 cm³/mol. The molecule has 0 bridgehead atoms. The highest BCUT2D eigenvalue weighted by molar-refractivity contribution is 5.95. The predicted octanol–water partition coefficient (Wildman–Crippen LogP) is 4.20. The van der Waals surface area contributed by atoms with Crippen molar-refractivity contribution in [3.63, 3.8) is 0 Å². The molecule has 1 amide bonds. The summed E-state index contributed by atoms with van der Waals surface area (Å²) >= 11 is 0. The van der Waals surface area contributed by atoms with E-state index in [2.05, 4.69) is 0 Å². The topological polar surface area (TPSA) is 20.3 Å². The van der Waals surface area contributed by atoms with Crippen LogP contribution in [0.4, 0.5) is 5.69 Å². The molecular formula is C19H21NO. The maximum atomic E-state index is 12.8. The number of hydrogen-bond acceptors (Lipinski definition) is 1. The van der Waals surface area contributed by atoms with E-state index < -0.39 is 0 Å². The van der Waals surface area contributed by atoms with Gasteiger partial charge in [-0.25, -0.2) is 0 Å². The quantitative estimate of drug-likeness (QED) is 0.821. The average Bonchev–Trinajstić information content (AvgIpc) is 3.03. The molecule has 108 valence electrons. The Bertz CT molecular complexity index is 573. The summed E-state index contributed by atoms with van der Waals surface area (Å²) in [6.45, 7) is 0. The van der Waals surface area contributed by atoms with Gasteiger partial charge in [0.2, 0.25) is 5.91 Å². The van der Waals surface area contributed by atoms with Gasteiger partial charge in [-0.15, -0.1) is 0 Å². The van der Waals surface area contributed by atoms with E-state index in [0.717, 1.165) is 24.1 Å². The van der Waals surface area contributed by atoms with E-state index in [9.17, 15) is 4.79 Å². The Labute approximate surface area is 126 Å². The highest BCUT2D eigenvalue weighted by atomic mass is 16.2. The van der Waals surface area contributed by atoms with Crippen LogP contribution in [0, 0.1) is 0 Å². The summed E-state index contributed by atoms with van der Waals surface area (Å²) in [5, 5.41) is 0. The lowest BCUT2D eigenvalue weighted by atomic mass is 10.1. The SMILES string of the molecule is O=C(Cc1ccccc1)N(c1ccccc1)C1CCCC1. The third-order valence-electron chi connectivity index (χ3n) is 4.19. The molecule has 0 atom stereocenters. The minimum absolute atomic E-state index is 0.208. The Morgan fingerprint density at radius 1 is 0.905 bits per heavy atom. The third-order valence-corrected chi connectivity index (χ3v) is 4.19. The fourth-order valence-corrected chi connectivity index (χ4v) is 3.17. The highest BCUT2D eigenvalue weighted by Gasteiger charge is 2.27. The molecule has 0 unspecified atom stereocenters. The standard InChI is InChI=1S/C19H21NO/c21-19(15-16-9-3-1-4-10-16)20(18-13-7-8-14-18)17-11-5-2-6-12-17/h1-6,9-12,18H,7-8,13-15H2. The average molecular weight is 279 g/mol. The van der Waals surface area contributed by atoms with Crippen LogP contribution in [0.3, 0.4) is 0 Å². The molecule has 2 aromatic rings. The van der Waals surface area contributed by atoms with Gasteiger partial charge in [-0.2, -0.15) is 0 Å². The first kappa shape index (κ1) is 13.9. The van der Waals surface area contributed by atoms with E-state index in [4.69, 9.17) is 0 Å². The number of carbonyl (C=O) groups is 1.